The van der Waals surface area contributed by atoms with E-state index in [9.17, 15) is 4.79 Å². The molecule has 2 aromatic carbocycles. The highest BCUT2D eigenvalue weighted by Gasteiger charge is 2.18. The summed E-state index contributed by atoms with van der Waals surface area (Å²) in [5.74, 6) is 1.93. The first-order chi connectivity index (χ1) is 12.7. The highest BCUT2D eigenvalue weighted by Crippen LogP contribution is 2.24. The molecule has 1 fully saturated rings. The van der Waals surface area contributed by atoms with Crippen LogP contribution in [0.1, 0.15) is 12.2 Å². The van der Waals surface area contributed by atoms with Gasteiger partial charge in [0, 0.05) is 31.7 Å². The first kappa shape index (κ1) is 16.6. The summed E-state index contributed by atoms with van der Waals surface area (Å²) in [5, 5.41) is 2.92. The molecule has 1 saturated heterocycles. The molecule has 0 aliphatic carbocycles. The van der Waals surface area contributed by atoms with Gasteiger partial charge in [0.2, 0.25) is 5.91 Å². The van der Waals surface area contributed by atoms with Crippen LogP contribution in [0.2, 0.25) is 0 Å². The van der Waals surface area contributed by atoms with Gasteiger partial charge in [0.05, 0.1) is 24.7 Å². The number of amides is 1. The molecule has 0 atom stereocenters. The number of carbonyl (C=O) groups is 1. The molecule has 4 rings (SSSR count). The molecule has 0 bridgehead atoms. The third-order valence-electron chi connectivity index (χ3n) is 4.73. The third-order valence-corrected chi connectivity index (χ3v) is 4.73. The lowest BCUT2D eigenvalue weighted by molar-refractivity contribution is -0.120. The fraction of sp³-hybridized carbons (Fsp3) is 0.300. The van der Waals surface area contributed by atoms with Gasteiger partial charge >= 0.3 is 0 Å². The Bertz CT molecular complexity index is 917. The lowest BCUT2D eigenvalue weighted by Crippen LogP contribution is -2.29. The number of hydrogen-bond donors (Lipinski definition) is 1. The molecule has 134 valence electrons. The number of rotatable bonds is 4. The molecule has 1 amide bonds. The summed E-state index contributed by atoms with van der Waals surface area (Å²) in [6.07, 6.45) is 0.531. The lowest BCUT2D eigenvalue weighted by atomic mass is 10.2. The van der Waals surface area contributed by atoms with Crippen molar-refractivity contribution >= 4 is 16.9 Å². The number of aromatic nitrogens is 2. The van der Waals surface area contributed by atoms with Gasteiger partial charge in [-0.3, -0.25) is 14.3 Å². The zero-order valence-corrected chi connectivity index (χ0v) is 14.8. The van der Waals surface area contributed by atoms with Crippen LogP contribution in [0.15, 0.2) is 48.5 Å². The molecule has 1 N–H and O–H groups in total. The Kier molecular flexibility index (Phi) is 4.58. The van der Waals surface area contributed by atoms with E-state index in [0.29, 0.717) is 19.5 Å². The van der Waals surface area contributed by atoms with Crippen molar-refractivity contribution in [1.82, 2.24) is 19.8 Å². The van der Waals surface area contributed by atoms with E-state index in [1.54, 1.807) is 7.11 Å². The maximum Gasteiger partial charge on any atom is 0.221 e. The number of para-hydroxylation sites is 2. The van der Waals surface area contributed by atoms with E-state index in [1.165, 1.54) is 0 Å². The molecular formula is C20H22N4O2. The van der Waals surface area contributed by atoms with Gasteiger partial charge in [-0.2, -0.15) is 0 Å². The van der Waals surface area contributed by atoms with Crippen LogP contribution in [0, 0.1) is 0 Å². The fourth-order valence-corrected chi connectivity index (χ4v) is 3.37. The van der Waals surface area contributed by atoms with E-state index in [-0.39, 0.29) is 5.91 Å². The van der Waals surface area contributed by atoms with Crippen molar-refractivity contribution in [3.05, 3.63) is 54.4 Å². The molecule has 6 heteroatoms. The second-order valence-corrected chi connectivity index (χ2v) is 6.43. The number of benzene rings is 2. The summed E-state index contributed by atoms with van der Waals surface area (Å²) >= 11 is 0. The summed E-state index contributed by atoms with van der Waals surface area (Å²) in [7, 11) is 1.67. The number of fused-ring (bicyclic) bond motifs is 1. The number of carbonyl (C=O) groups excluding carboxylic acids is 1. The molecule has 2 heterocycles. The minimum absolute atomic E-state index is 0.121. The minimum atomic E-state index is 0.121. The second kappa shape index (κ2) is 7.17. The Labute approximate surface area is 152 Å². The van der Waals surface area contributed by atoms with Crippen LogP contribution in [0.25, 0.3) is 16.7 Å². The maximum atomic E-state index is 11.6. The van der Waals surface area contributed by atoms with Crippen LogP contribution in [0.4, 0.5) is 0 Å². The van der Waals surface area contributed by atoms with Gasteiger partial charge in [-0.25, -0.2) is 4.98 Å². The van der Waals surface area contributed by atoms with Crippen LogP contribution < -0.4 is 10.1 Å². The Hall–Kier alpha value is -2.86. The molecule has 0 radical (unpaired) electrons. The largest absolute Gasteiger partial charge is 0.497 e. The first-order valence-electron chi connectivity index (χ1n) is 8.84. The number of nitrogens with zero attached hydrogens (tertiary/aromatic N) is 3. The zero-order chi connectivity index (χ0) is 17.9. The standard InChI is InChI=1S/C20H22N4O2/c1-26-16-8-6-15(7-9-16)24-18-5-3-2-4-17(18)22-19(24)14-23-12-10-20(25)21-11-13-23/h2-9H,10-14H2,1H3,(H,21,25). The van der Waals surface area contributed by atoms with E-state index in [4.69, 9.17) is 9.72 Å². The smallest absolute Gasteiger partial charge is 0.221 e. The first-order valence-corrected chi connectivity index (χ1v) is 8.84. The van der Waals surface area contributed by atoms with Crippen LogP contribution in [0.5, 0.6) is 5.75 Å². The van der Waals surface area contributed by atoms with Crippen molar-refractivity contribution in [3.63, 3.8) is 0 Å². The van der Waals surface area contributed by atoms with E-state index < -0.39 is 0 Å². The number of methoxy groups -OCH3 is 1. The monoisotopic (exact) mass is 350 g/mol. The summed E-state index contributed by atoms with van der Waals surface area (Å²) in [6, 6.07) is 16.2. The summed E-state index contributed by atoms with van der Waals surface area (Å²) in [4.78, 5) is 18.7. The Morgan fingerprint density at radius 2 is 1.92 bits per heavy atom. The van der Waals surface area contributed by atoms with Crippen LogP contribution in [-0.2, 0) is 11.3 Å². The van der Waals surface area contributed by atoms with Crippen LogP contribution >= 0.6 is 0 Å². The van der Waals surface area contributed by atoms with Crippen LogP contribution in [0.3, 0.4) is 0 Å². The van der Waals surface area contributed by atoms with E-state index in [2.05, 4.69) is 20.9 Å². The quantitative estimate of drug-likeness (QED) is 0.785. The Morgan fingerprint density at radius 1 is 1.12 bits per heavy atom. The normalized spacial score (nSPS) is 15.7. The Morgan fingerprint density at radius 3 is 2.73 bits per heavy atom. The molecule has 3 aromatic rings. The molecule has 26 heavy (non-hydrogen) atoms. The zero-order valence-electron chi connectivity index (χ0n) is 14.8. The fourth-order valence-electron chi connectivity index (χ4n) is 3.37. The molecule has 1 aliphatic rings. The van der Waals surface area contributed by atoms with Gasteiger partial charge < -0.3 is 10.1 Å². The van der Waals surface area contributed by atoms with Crippen LogP contribution in [-0.4, -0.2) is 47.1 Å². The molecule has 1 aliphatic heterocycles. The number of imidazole rings is 1. The molecular weight excluding hydrogens is 328 g/mol. The number of nitrogens with one attached hydrogen (secondary N) is 1. The molecule has 0 unspecified atom stereocenters. The topological polar surface area (TPSA) is 59.4 Å². The van der Waals surface area contributed by atoms with Crippen molar-refractivity contribution < 1.29 is 9.53 Å². The van der Waals surface area contributed by atoms with E-state index in [1.807, 2.05) is 42.5 Å². The van der Waals surface area contributed by atoms with Gasteiger partial charge in [-0.05, 0) is 36.4 Å². The van der Waals surface area contributed by atoms with E-state index in [0.717, 1.165) is 41.4 Å². The lowest BCUT2D eigenvalue weighted by Gasteiger charge is -2.19. The SMILES string of the molecule is COc1ccc(-n2c(CN3CCNC(=O)CC3)nc3ccccc32)cc1. The molecule has 1 aromatic heterocycles. The van der Waals surface area contributed by atoms with Crippen molar-refractivity contribution in [2.75, 3.05) is 26.7 Å². The van der Waals surface area contributed by atoms with Gasteiger partial charge in [0.25, 0.3) is 0 Å². The van der Waals surface area contributed by atoms with Gasteiger partial charge in [0.1, 0.15) is 11.6 Å². The highest BCUT2D eigenvalue weighted by atomic mass is 16.5. The predicted octanol–water partition coefficient (Wildman–Crippen LogP) is 2.36. The van der Waals surface area contributed by atoms with Gasteiger partial charge in [0.15, 0.2) is 0 Å². The average molecular weight is 350 g/mol. The van der Waals surface area contributed by atoms with Gasteiger partial charge in [-0.15, -0.1) is 0 Å². The number of ether oxygens (including phenoxy) is 1. The second-order valence-electron chi connectivity index (χ2n) is 6.43. The number of hydrogen-bond acceptors (Lipinski definition) is 4. The van der Waals surface area contributed by atoms with Gasteiger partial charge in [-0.1, -0.05) is 12.1 Å². The molecule has 6 nitrogen and oxygen atoms in total. The van der Waals surface area contributed by atoms with E-state index >= 15 is 0 Å². The molecule has 0 spiro atoms. The summed E-state index contributed by atoms with van der Waals surface area (Å²) in [5.41, 5.74) is 3.11. The highest BCUT2D eigenvalue weighted by molar-refractivity contribution is 5.78. The van der Waals surface area contributed by atoms with Crippen molar-refractivity contribution in [2.45, 2.75) is 13.0 Å². The summed E-state index contributed by atoms with van der Waals surface area (Å²) in [6.45, 7) is 2.96. The average Bonchev–Trinajstić information content (AvgIpc) is 2.90. The van der Waals surface area contributed by atoms with Crippen molar-refractivity contribution in [2.24, 2.45) is 0 Å². The van der Waals surface area contributed by atoms with Crippen molar-refractivity contribution in [3.8, 4) is 11.4 Å². The predicted molar refractivity (Wildman–Crippen MR) is 101 cm³/mol. The van der Waals surface area contributed by atoms with Crippen molar-refractivity contribution in [1.29, 1.82) is 0 Å². The third kappa shape index (κ3) is 3.28. The maximum absolute atomic E-state index is 11.6. The molecule has 0 saturated carbocycles. The minimum Gasteiger partial charge on any atom is -0.497 e. The Balaban J connectivity index is 1.72. The summed E-state index contributed by atoms with van der Waals surface area (Å²) < 4.78 is 7.47.